The first-order valence-corrected chi connectivity index (χ1v) is 24.3. The van der Waals surface area contributed by atoms with Crippen molar-refractivity contribution < 1.29 is 72.9 Å². The number of hydrogen-bond donors (Lipinski definition) is 13. The number of carboxylic acid groups (broad SMARTS) is 3. The number of likely N-dealkylation sites (tertiary alicyclic amines) is 1. The van der Waals surface area contributed by atoms with Crippen molar-refractivity contribution in [3.05, 3.63) is 18.2 Å². The molecule has 1 saturated heterocycles. The normalized spacial score (nSPS) is 16.6. The molecule has 27 nitrogen and oxygen atoms in total. The van der Waals surface area contributed by atoms with E-state index in [1.54, 1.807) is 34.0 Å². The molecule has 28 heteroatoms. The number of nitrogens with one attached hydrogen (secondary N) is 8. The molecule has 0 unspecified atom stereocenters. The molecule has 0 bridgehead atoms. The van der Waals surface area contributed by atoms with Gasteiger partial charge in [-0.05, 0) is 55.9 Å². The number of primary amides is 1. The number of amides is 9. The number of aromatic amines is 1. The summed E-state index contributed by atoms with van der Waals surface area (Å²) in [5, 5.41) is 46.2. The number of aromatic nitrogens is 2. The average Bonchev–Trinajstić information content (AvgIpc) is 4.02. The Balaban J connectivity index is 2.42. The lowest BCUT2D eigenvalue weighted by Gasteiger charge is -2.30. The van der Waals surface area contributed by atoms with Gasteiger partial charge in [-0.15, -0.1) is 0 Å². The summed E-state index contributed by atoms with van der Waals surface area (Å²) in [6.45, 7) is 6.23. The van der Waals surface area contributed by atoms with Gasteiger partial charge in [-0.2, -0.15) is 11.8 Å². The number of carbonyl (C=O) groups excluding carboxylic acids is 9. The second kappa shape index (κ2) is 30.0. The van der Waals surface area contributed by atoms with Crippen LogP contribution in [0.2, 0.25) is 0 Å². The van der Waals surface area contributed by atoms with Crippen LogP contribution >= 0.6 is 11.8 Å². The minimum Gasteiger partial charge on any atom is -0.481 e. The zero-order valence-corrected chi connectivity index (χ0v) is 41.1. The lowest BCUT2D eigenvalue weighted by Crippen LogP contribution is -2.61. The number of hydrogen-bond acceptors (Lipinski definition) is 15. The quantitative estimate of drug-likeness (QED) is 0.0332. The van der Waals surface area contributed by atoms with Gasteiger partial charge < -0.3 is 73.9 Å². The third-order valence-corrected chi connectivity index (χ3v) is 12.0. The van der Waals surface area contributed by atoms with E-state index in [1.807, 2.05) is 0 Å². The topological polar surface area (TPSA) is 434 Å². The maximum atomic E-state index is 14.1. The Morgan fingerprint density at radius 3 is 1.83 bits per heavy atom. The molecule has 1 aromatic heterocycles. The maximum Gasteiger partial charge on any atom is 0.326 e. The minimum absolute atomic E-state index is 0.0286. The summed E-state index contributed by atoms with van der Waals surface area (Å²) < 4.78 is 0. The van der Waals surface area contributed by atoms with Gasteiger partial charge in [0.2, 0.25) is 53.2 Å². The van der Waals surface area contributed by atoms with Crippen LogP contribution in [0.15, 0.2) is 12.5 Å². The monoisotopic (exact) mass is 1020 g/mol. The zero-order valence-electron chi connectivity index (χ0n) is 40.3. The first-order valence-electron chi connectivity index (χ1n) is 23.0. The number of H-pyrrole nitrogens is 1. The number of rotatable bonds is 32. The SMILES string of the molecule is CC[C@H](C)[C@H](NC(=O)[C@@H]1CCCN1C(=O)[C@H](CC(=O)O)NC(=O)[C@H](Cc1cnc[nH]1)NC(=O)[C@H](CCSC)NC(=O)[C@H](CC(=O)O)NC(=O)[C@H](CC(C)C)NC(=O)[C@H](CCC(N)=O)NC(=O)CN)C(=O)O. The van der Waals surface area contributed by atoms with Crippen molar-refractivity contribution >= 4 is 82.8 Å². The fourth-order valence-electron chi connectivity index (χ4n) is 7.40. The highest BCUT2D eigenvalue weighted by atomic mass is 32.2. The van der Waals surface area contributed by atoms with Crippen LogP contribution in [0.1, 0.15) is 91.2 Å². The van der Waals surface area contributed by atoms with Crippen LogP contribution in [-0.4, -0.2) is 175 Å². The Kier molecular flexibility index (Phi) is 25.5. The molecule has 0 aliphatic carbocycles. The molecule has 9 amide bonds. The minimum atomic E-state index is -1.85. The molecule has 1 aliphatic rings. The van der Waals surface area contributed by atoms with Gasteiger partial charge in [0, 0.05) is 31.3 Å². The Bertz CT molecular complexity index is 2060. The van der Waals surface area contributed by atoms with Crippen LogP contribution < -0.4 is 48.7 Å². The number of thioether (sulfide) groups is 1. The van der Waals surface area contributed by atoms with Crippen molar-refractivity contribution in [1.29, 1.82) is 0 Å². The summed E-state index contributed by atoms with van der Waals surface area (Å²) in [7, 11) is 0. The van der Waals surface area contributed by atoms with Gasteiger partial charge >= 0.3 is 17.9 Å². The molecule has 1 aromatic rings. The van der Waals surface area contributed by atoms with E-state index in [0.717, 1.165) is 4.90 Å². The van der Waals surface area contributed by atoms with Crippen LogP contribution in [0.3, 0.4) is 0 Å². The van der Waals surface area contributed by atoms with Gasteiger partial charge in [0.15, 0.2) is 0 Å². The molecule has 2 heterocycles. The maximum absolute atomic E-state index is 14.1. The number of imidazole rings is 1. The first-order chi connectivity index (χ1) is 33.4. The van der Waals surface area contributed by atoms with E-state index < -0.39 is 145 Å². The van der Waals surface area contributed by atoms with E-state index in [0.29, 0.717) is 12.8 Å². The number of carboxylic acids is 3. The number of aliphatic carboxylic acids is 3. The molecule has 1 aliphatic heterocycles. The molecule has 0 saturated carbocycles. The van der Waals surface area contributed by atoms with Crippen molar-refractivity contribution in [2.24, 2.45) is 23.3 Å². The lowest BCUT2D eigenvalue weighted by atomic mass is 9.98. The third-order valence-electron chi connectivity index (χ3n) is 11.3. The number of carbonyl (C=O) groups is 12. The lowest BCUT2D eigenvalue weighted by molar-refractivity contribution is -0.148. The summed E-state index contributed by atoms with van der Waals surface area (Å²) >= 11 is 1.26. The van der Waals surface area contributed by atoms with Crippen molar-refractivity contribution in [3.8, 4) is 0 Å². The van der Waals surface area contributed by atoms with Crippen LogP contribution in [0.4, 0.5) is 0 Å². The molecule has 15 N–H and O–H groups in total. The Labute approximate surface area is 413 Å². The van der Waals surface area contributed by atoms with E-state index in [1.165, 1.54) is 24.3 Å². The Morgan fingerprint density at radius 2 is 1.30 bits per heavy atom. The van der Waals surface area contributed by atoms with Crippen LogP contribution in [-0.2, 0) is 64.0 Å². The molecule has 71 heavy (non-hydrogen) atoms. The summed E-state index contributed by atoms with van der Waals surface area (Å²) in [5.74, 6) is -13.3. The fourth-order valence-corrected chi connectivity index (χ4v) is 7.87. The zero-order chi connectivity index (χ0) is 53.5. The largest absolute Gasteiger partial charge is 0.481 e. The summed E-state index contributed by atoms with van der Waals surface area (Å²) in [5.41, 5.74) is 10.9. The van der Waals surface area contributed by atoms with Crippen molar-refractivity contribution in [3.63, 3.8) is 0 Å². The third kappa shape index (κ3) is 20.6. The van der Waals surface area contributed by atoms with Crippen LogP contribution in [0.25, 0.3) is 0 Å². The average molecular weight is 1030 g/mol. The predicted molar refractivity (Wildman–Crippen MR) is 252 cm³/mol. The molecular formula is C43H68N12O15S. The standard InChI is InChI=1S/C43H68N12O15S/c1-6-22(4)35(43(69)70)54-41(67)30-8-7-12-55(30)42(68)29(17-34(60)61)53-39(65)27(15-23-19-46-20-47-23)51-37(63)25(11-13-71-5)49-40(66)28(16-33(58)59)52-38(64)26(14-21(2)3)50-36(62)24(9-10-31(45)56)48-32(57)18-44/h19-22,24-30,35H,6-18,44H2,1-5H3,(H2,45,56)(H,46,47)(H,48,57)(H,49,66)(H,50,62)(H,51,63)(H,52,64)(H,53,65)(H,54,67)(H,58,59)(H,60,61)(H,69,70)/t22-,24-,25-,26-,27-,28-,29-,30-,35-/m0/s1. The second-order valence-electron chi connectivity index (χ2n) is 17.4. The highest BCUT2D eigenvalue weighted by molar-refractivity contribution is 7.98. The molecule has 2 rings (SSSR count). The second-order valence-corrected chi connectivity index (χ2v) is 18.4. The molecule has 1 fully saturated rings. The fraction of sp³-hybridized carbons (Fsp3) is 0.651. The van der Waals surface area contributed by atoms with Gasteiger partial charge in [-0.25, -0.2) is 9.78 Å². The molecule has 396 valence electrons. The predicted octanol–water partition coefficient (Wildman–Crippen LogP) is -3.56. The van der Waals surface area contributed by atoms with Crippen molar-refractivity contribution in [1.82, 2.24) is 52.1 Å². The molecule has 0 aromatic carbocycles. The van der Waals surface area contributed by atoms with Crippen molar-refractivity contribution in [2.45, 2.75) is 140 Å². The highest BCUT2D eigenvalue weighted by Gasteiger charge is 2.41. The molecule has 9 atom stereocenters. The Hall–Kier alpha value is -6.84. The van der Waals surface area contributed by atoms with Crippen molar-refractivity contribution in [2.75, 3.05) is 25.1 Å². The number of nitrogens with zero attached hydrogens (tertiary/aromatic N) is 2. The first kappa shape index (κ1) is 60.3. The molecule has 0 spiro atoms. The summed E-state index contributed by atoms with van der Waals surface area (Å²) in [4.78, 5) is 164. The smallest absolute Gasteiger partial charge is 0.326 e. The van der Waals surface area contributed by atoms with Crippen LogP contribution in [0, 0.1) is 11.8 Å². The van der Waals surface area contributed by atoms with E-state index >= 15 is 0 Å². The summed E-state index contributed by atoms with van der Waals surface area (Å²) in [6.07, 6.45) is 2.06. The van der Waals surface area contributed by atoms with Gasteiger partial charge in [0.05, 0.1) is 25.7 Å². The van der Waals surface area contributed by atoms with E-state index in [-0.39, 0.29) is 62.4 Å². The van der Waals surface area contributed by atoms with E-state index in [2.05, 4.69) is 47.2 Å². The molecule has 0 radical (unpaired) electrons. The Morgan fingerprint density at radius 1 is 0.761 bits per heavy atom. The number of nitrogens with two attached hydrogens (primary N) is 2. The van der Waals surface area contributed by atoms with Crippen LogP contribution in [0.5, 0.6) is 0 Å². The van der Waals surface area contributed by atoms with E-state index in [4.69, 9.17) is 11.5 Å². The summed E-state index contributed by atoms with van der Waals surface area (Å²) in [6, 6.07) is -12.0. The van der Waals surface area contributed by atoms with Gasteiger partial charge in [-0.1, -0.05) is 34.1 Å². The van der Waals surface area contributed by atoms with Gasteiger partial charge in [0.1, 0.15) is 48.3 Å². The molecular weight excluding hydrogens is 957 g/mol. The van der Waals surface area contributed by atoms with Gasteiger partial charge in [-0.3, -0.25) is 52.7 Å². The van der Waals surface area contributed by atoms with Gasteiger partial charge in [0.25, 0.3) is 0 Å². The van der Waals surface area contributed by atoms with E-state index in [9.17, 15) is 72.9 Å². The highest BCUT2D eigenvalue weighted by Crippen LogP contribution is 2.21.